The fraction of sp³-hybridized carbons (Fsp3) is 0.375. The smallest absolute Gasteiger partial charge is 0.238 e. The number of nitrogens with one attached hydrogen (secondary N) is 1. The van der Waals surface area contributed by atoms with Gasteiger partial charge in [0.2, 0.25) is 11.7 Å². The minimum absolute atomic E-state index is 0.356. The molecule has 2 aromatic heterocycles. The maximum Gasteiger partial charge on any atom is 0.238 e. The van der Waals surface area contributed by atoms with Gasteiger partial charge in [0.05, 0.1) is 5.92 Å². The number of benzene rings is 1. The summed E-state index contributed by atoms with van der Waals surface area (Å²) in [6.07, 6.45) is 3.58. The molecule has 2 fully saturated rings. The van der Waals surface area contributed by atoms with Gasteiger partial charge in [-0.1, -0.05) is 23.4 Å². The average molecular weight is 281 g/mol. The van der Waals surface area contributed by atoms with Gasteiger partial charge in [0, 0.05) is 17.5 Å². The minimum atomic E-state index is 0.356. The van der Waals surface area contributed by atoms with E-state index in [2.05, 4.69) is 15.5 Å². The summed E-state index contributed by atoms with van der Waals surface area (Å²) in [6.45, 7) is 0. The summed E-state index contributed by atoms with van der Waals surface area (Å²) in [7, 11) is 0. The Morgan fingerprint density at radius 3 is 2.95 bits per heavy atom. The van der Waals surface area contributed by atoms with Crippen LogP contribution in [0.2, 0.25) is 0 Å². The SMILES string of the molecule is c1ccc2oc(-c3noc(C4CC5CCC4N5)n3)cc2c1. The lowest BCUT2D eigenvalue weighted by Crippen LogP contribution is -2.21. The number of nitrogens with zero attached hydrogens (tertiary/aromatic N) is 2. The van der Waals surface area contributed by atoms with E-state index in [0.29, 0.717) is 29.6 Å². The first kappa shape index (κ1) is 11.5. The van der Waals surface area contributed by atoms with Crippen LogP contribution in [0, 0.1) is 0 Å². The number of aromatic nitrogens is 2. The highest BCUT2D eigenvalue weighted by Crippen LogP contribution is 2.39. The van der Waals surface area contributed by atoms with Crippen LogP contribution in [0.15, 0.2) is 39.3 Å². The van der Waals surface area contributed by atoms with Gasteiger partial charge in [0.25, 0.3) is 0 Å². The fourth-order valence-electron chi connectivity index (χ4n) is 3.68. The van der Waals surface area contributed by atoms with Gasteiger partial charge in [0.15, 0.2) is 5.76 Å². The molecular weight excluding hydrogens is 266 g/mol. The molecule has 21 heavy (non-hydrogen) atoms. The Morgan fingerprint density at radius 2 is 2.14 bits per heavy atom. The van der Waals surface area contributed by atoms with Crippen molar-refractivity contribution in [3.63, 3.8) is 0 Å². The topological polar surface area (TPSA) is 64.1 Å². The fourth-order valence-corrected chi connectivity index (χ4v) is 3.68. The number of furan rings is 1. The molecule has 0 saturated carbocycles. The first-order valence-corrected chi connectivity index (χ1v) is 7.45. The van der Waals surface area contributed by atoms with Gasteiger partial charge in [-0.3, -0.25) is 0 Å². The summed E-state index contributed by atoms with van der Waals surface area (Å²) in [4.78, 5) is 4.56. The Kier molecular flexibility index (Phi) is 2.29. The second-order valence-electron chi connectivity index (χ2n) is 5.99. The summed E-state index contributed by atoms with van der Waals surface area (Å²) in [5, 5.41) is 8.75. The monoisotopic (exact) mass is 281 g/mol. The molecular formula is C16H15N3O2. The van der Waals surface area contributed by atoms with Crippen molar-refractivity contribution < 1.29 is 8.94 Å². The normalized spacial score (nSPS) is 27.7. The van der Waals surface area contributed by atoms with Crippen LogP contribution in [-0.4, -0.2) is 22.2 Å². The molecule has 2 aliphatic rings. The molecule has 0 radical (unpaired) electrons. The maximum absolute atomic E-state index is 5.79. The van der Waals surface area contributed by atoms with E-state index in [1.54, 1.807) is 0 Å². The zero-order chi connectivity index (χ0) is 13.8. The molecule has 2 aliphatic heterocycles. The van der Waals surface area contributed by atoms with Crippen LogP contribution in [0.3, 0.4) is 0 Å². The van der Waals surface area contributed by atoms with Crippen molar-refractivity contribution in [3.8, 4) is 11.6 Å². The van der Waals surface area contributed by atoms with Gasteiger partial charge >= 0.3 is 0 Å². The van der Waals surface area contributed by atoms with E-state index in [4.69, 9.17) is 8.94 Å². The highest BCUT2D eigenvalue weighted by molar-refractivity contribution is 5.81. The van der Waals surface area contributed by atoms with Crippen molar-refractivity contribution in [1.82, 2.24) is 15.5 Å². The first-order valence-electron chi connectivity index (χ1n) is 7.45. The lowest BCUT2D eigenvalue weighted by Gasteiger charge is -2.15. The zero-order valence-corrected chi connectivity index (χ0v) is 11.5. The molecule has 5 nitrogen and oxygen atoms in total. The third-order valence-electron chi connectivity index (χ3n) is 4.70. The summed E-state index contributed by atoms with van der Waals surface area (Å²) < 4.78 is 11.3. The van der Waals surface area contributed by atoms with E-state index < -0.39 is 0 Å². The highest BCUT2D eigenvalue weighted by atomic mass is 16.5. The summed E-state index contributed by atoms with van der Waals surface area (Å²) in [5.74, 6) is 2.31. The van der Waals surface area contributed by atoms with Crippen LogP contribution in [0.5, 0.6) is 0 Å². The molecule has 4 heterocycles. The van der Waals surface area contributed by atoms with Gasteiger partial charge in [0.1, 0.15) is 5.58 Å². The quantitative estimate of drug-likeness (QED) is 0.782. The van der Waals surface area contributed by atoms with Crippen LogP contribution in [0.1, 0.15) is 31.1 Å². The van der Waals surface area contributed by atoms with Gasteiger partial charge in [-0.05, 0) is 31.4 Å². The second-order valence-corrected chi connectivity index (χ2v) is 5.99. The Morgan fingerprint density at radius 1 is 1.19 bits per heavy atom. The lowest BCUT2D eigenvalue weighted by molar-refractivity contribution is 0.329. The molecule has 1 N–H and O–H groups in total. The third-order valence-corrected chi connectivity index (χ3v) is 4.70. The summed E-state index contributed by atoms with van der Waals surface area (Å²) in [6, 6.07) is 11.0. The van der Waals surface area contributed by atoms with Crippen molar-refractivity contribution in [3.05, 3.63) is 36.2 Å². The Labute approximate surface area is 121 Å². The van der Waals surface area contributed by atoms with E-state index in [9.17, 15) is 0 Å². The molecule has 0 amide bonds. The van der Waals surface area contributed by atoms with Gasteiger partial charge in [-0.25, -0.2) is 0 Å². The van der Waals surface area contributed by atoms with Crippen LogP contribution in [0.25, 0.3) is 22.6 Å². The van der Waals surface area contributed by atoms with E-state index in [1.165, 1.54) is 12.8 Å². The van der Waals surface area contributed by atoms with Crippen molar-refractivity contribution >= 4 is 11.0 Å². The van der Waals surface area contributed by atoms with Crippen molar-refractivity contribution in [2.75, 3.05) is 0 Å². The van der Waals surface area contributed by atoms with Crippen molar-refractivity contribution in [1.29, 1.82) is 0 Å². The molecule has 3 unspecified atom stereocenters. The molecule has 2 bridgehead atoms. The average Bonchev–Trinajstić information content (AvgIpc) is 3.27. The third kappa shape index (κ3) is 1.74. The van der Waals surface area contributed by atoms with E-state index in [1.807, 2.05) is 30.3 Å². The first-order chi connectivity index (χ1) is 10.4. The molecule has 0 aliphatic carbocycles. The number of hydrogen-bond acceptors (Lipinski definition) is 5. The molecule has 5 heteroatoms. The van der Waals surface area contributed by atoms with Crippen LogP contribution >= 0.6 is 0 Å². The number of hydrogen-bond donors (Lipinski definition) is 1. The standard InChI is InChI=1S/C16H15N3O2/c1-2-4-13-9(3-1)7-14(20-13)15-18-16(21-19-15)11-8-10-5-6-12(11)17-10/h1-4,7,10-12,17H,5-6,8H2. The zero-order valence-electron chi connectivity index (χ0n) is 11.5. The molecule has 0 spiro atoms. The highest BCUT2D eigenvalue weighted by Gasteiger charge is 2.42. The number of rotatable bonds is 2. The molecule has 3 aromatic rings. The van der Waals surface area contributed by atoms with Crippen LogP contribution in [-0.2, 0) is 0 Å². The van der Waals surface area contributed by atoms with Crippen LogP contribution < -0.4 is 5.32 Å². The molecule has 1 aromatic carbocycles. The lowest BCUT2D eigenvalue weighted by atomic mass is 9.89. The molecule has 2 saturated heterocycles. The second kappa shape index (κ2) is 4.18. The molecule has 3 atom stereocenters. The van der Waals surface area contributed by atoms with E-state index >= 15 is 0 Å². The van der Waals surface area contributed by atoms with Gasteiger partial charge < -0.3 is 14.3 Å². The number of para-hydroxylation sites is 1. The van der Waals surface area contributed by atoms with Crippen LogP contribution in [0.4, 0.5) is 0 Å². The number of fused-ring (bicyclic) bond motifs is 3. The molecule has 106 valence electrons. The van der Waals surface area contributed by atoms with Gasteiger partial charge in [-0.15, -0.1) is 0 Å². The predicted molar refractivity (Wildman–Crippen MR) is 76.8 cm³/mol. The van der Waals surface area contributed by atoms with Gasteiger partial charge in [-0.2, -0.15) is 4.98 Å². The van der Waals surface area contributed by atoms with Crippen molar-refractivity contribution in [2.45, 2.75) is 37.3 Å². The minimum Gasteiger partial charge on any atom is -0.453 e. The Bertz CT molecular complexity index is 774. The summed E-state index contributed by atoms with van der Waals surface area (Å²) in [5.41, 5.74) is 0.848. The Balaban J connectivity index is 1.50. The maximum atomic E-state index is 5.79. The predicted octanol–water partition coefficient (Wildman–Crippen LogP) is 3.09. The van der Waals surface area contributed by atoms with E-state index in [-0.39, 0.29) is 0 Å². The Hall–Kier alpha value is -2.14. The largest absolute Gasteiger partial charge is 0.453 e. The summed E-state index contributed by atoms with van der Waals surface area (Å²) >= 11 is 0. The van der Waals surface area contributed by atoms with E-state index in [0.717, 1.165) is 23.3 Å². The molecule has 5 rings (SSSR count). The van der Waals surface area contributed by atoms with Crippen molar-refractivity contribution in [2.24, 2.45) is 0 Å².